The molecule has 0 aliphatic rings. The molecule has 0 spiro atoms. The van der Waals surface area contributed by atoms with Crippen molar-refractivity contribution < 1.29 is 9.53 Å². The molecule has 0 N–H and O–H groups in total. The first-order chi connectivity index (χ1) is 4.93. The van der Waals surface area contributed by atoms with Crippen LogP contribution in [0.4, 0.5) is 0 Å². The van der Waals surface area contributed by atoms with Crippen LogP contribution >= 0.6 is 11.3 Å². The molecule has 1 heterocycles. The fourth-order valence-electron chi connectivity index (χ4n) is 0.660. The van der Waals surface area contributed by atoms with E-state index in [1.165, 1.54) is 5.56 Å². The van der Waals surface area contributed by atoms with Crippen molar-refractivity contribution in [1.82, 2.24) is 0 Å². The molecule has 0 fully saturated rings. The molecule has 1 rings (SSSR count). The lowest BCUT2D eigenvalue weighted by molar-refractivity contribution is -0.128. The van der Waals surface area contributed by atoms with E-state index in [1.54, 1.807) is 11.3 Å². The quantitative estimate of drug-likeness (QED) is 0.487. The highest BCUT2D eigenvalue weighted by Gasteiger charge is 1.90. The van der Waals surface area contributed by atoms with E-state index in [2.05, 4.69) is 4.74 Å². The number of ether oxygens (including phenoxy) is 1. The predicted octanol–water partition coefficient (Wildman–Crippen LogP) is 1.46. The molecule has 0 aromatic carbocycles. The van der Waals surface area contributed by atoms with Gasteiger partial charge in [0.15, 0.2) is 0 Å². The van der Waals surface area contributed by atoms with Crippen molar-refractivity contribution >= 4 is 17.8 Å². The summed E-state index contributed by atoms with van der Waals surface area (Å²) in [7, 11) is 0. The normalized spacial score (nSPS) is 9.20. The van der Waals surface area contributed by atoms with Gasteiger partial charge in [-0.25, -0.2) is 0 Å². The Kier molecular flexibility index (Phi) is 2.96. The molecule has 2 nitrogen and oxygen atoms in total. The van der Waals surface area contributed by atoms with E-state index in [-0.39, 0.29) is 0 Å². The molecule has 0 amide bonds. The van der Waals surface area contributed by atoms with Crippen molar-refractivity contribution in [3.8, 4) is 0 Å². The number of carbonyl (C=O) groups is 1. The van der Waals surface area contributed by atoms with Gasteiger partial charge in [-0.2, -0.15) is 11.3 Å². The second-order valence-electron chi connectivity index (χ2n) is 1.85. The average molecular weight is 156 g/mol. The maximum atomic E-state index is 9.71. The van der Waals surface area contributed by atoms with Crippen LogP contribution in [0.25, 0.3) is 0 Å². The molecule has 0 atom stereocenters. The van der Waals surface area contributed by atoms with Crippen molar-refractivity contribution in [2.75, 3.05) is 6.61 Å². The van der Waals surface area contributed by atoms with Gasteiger partial charge in [0.1, 0.15) is 0 Å². The van der Waals surface area contributed by atoms with Crippen molar-refractivity contribution in [3.05, 3.63) is 22.4 Å². The third-order valence-electron chi connectivity index (χ3n) is 1.16. The summed E-state index contributed by atoms with van der Waals surface area (Å²) in [5, 5.41) is 4.06. The maximum absolute atomic E-state index is 9.71. The SMILES string of the molecule is O=COCCc1ccsc1. The summed E-state index contributed by atoms with van der Waals surface area (Å²) in [4.78, 5) is 9.71. The lowest BCUT2D eigenvalue weighted by atomic mass is 10.3. The van der Waals surface area contributed by atoms with Crippen molar-refractivity contribution in [1.29, 1.82) is 0 Å². The Morgan fingerprint density at radius 3 is 3.20 bits per heavy atom. The van der Waals surface area contributed by atoms with E-state index in [4.69, 9.17) is 0 Å². The largest absolute Gasteiger partial charge is 0.468 e. The zero-order valence-corrected chi connectivity index (χ0v) is 6.26. The summed E-state index contributed by atoms with van der Waals surface area (Å²) in [6.45, 7) is 0.965. The highest BCUT2D eigenvalue weighted by Crippen LogP contribution is 2.05. The zero-order valence-electron chi connectivity index (χ0n) is 5.45. The molecule has 54 valence electrons. The molecule has 0 aliphatic carbocycles. The smallest absolute Gasteiger partial charge is 0.293 e. The van der Waals surface area contributed by atoms with Gasteiger partial charge in [-0.05, 0) is 22.4 Å². The number of hydrogen-bond donors (Lipinski definition) is 0. The lowest BCUT2D eigenvalue weighted by Crippen LogP contribution is -1.94. The van der Waals surface area contributed by atoms with Crippen LogP contribution in [-0.4, -0.2) is 13.1 Å². The fraction of sp³-hybridized carbons (Fsp3) is 0.286. The van der Waals surface area contributed by atoms with E-state index < -0.39 is 0 Å². The second-order valence-corrected chi connectivity index (χ2v) is 2.63. The first kappa shape index (κ1) is 7.28. The molecule has 0 aliphatic heterocycles. The molecule has 0 saturated carbocycles. The van der Waals surface area contributed by atoms with Crippen LogP contribution in [-0.2, 0) is 16.0 Å². The summed E-state index contributed by atoms with van der Waals surface area (Å²) in [5.41, 5.74) is 1.23. The maximum Gasteiger partial charge on any atom is 0.293 e. The van der Waals surface area contributed by atoms with Crippen LogP contribution in [0.2, 0.25) is 0 Å². The van der Waals surface area contributed by atoms with Gasteiger partial charge in [0.05, 0.1) is 6.61 Å². The van der Waals surface area contributed by atoms with Gasteiger partial charge < -0.3 is 4.74 Å². The Morgan fingerprint density at radius 2 is 2.60 bits per heavy atom. The Labute approximate surface area is 63.4 Å². The van der Waals surface area contributed by atoms with E-state index in [0.717, 1.165) is 6.42 Å². The summed E-state index contributed by atoms with van der Waals surface area (Å²) in [5.74, 6) is 0. The second kappa shape index (κ2) is 4.06. The van der Waals surface area contributed by atoms with Crippen LogP contribution in [0.5, 0.6) is 0 Å². The highest BCUT2D eigenvalue weighted by molar-refractivity contribution is 7.07. The molecule has 0 bridgehead atoms. The third kappa shape index (κ3) is 2.19. The fourth-order valence-corrected chi connectivity index (χ4v) is 1.36. The molecular weight excluding hydrogens is 148 g/mol. The summed E-state index contributed by atoms with van der Waals surface area (Å²) >= 11 is 1.65. The van der Waals surface area contributed by atoms with Gasteiger partial charge in [0.25, 0.3) is 6.47 Å². The van der Waals surface area contributed by atoms with Crippen molar-refractivity contribution in [2.24, 2.45) is 0 Å². The minimum Gasteiger partial charge on any atom is -0.468 e. The Bertz CT molecular complexity index is 181. The van der Waals surface area contributed by atoms with Gasteiger partial charge >= 0.3 is 0 Å². The van der Waals surface area contributed by atoms with Crippen LogP contribution in [0.15, 0.2) is 16.8 Å². The number of hydrogen-bond acceptors (Lipinski definition) is 3. The van der Waals surface area contributed by atoms with Gasteiger partial charge in [0, 0.05) is 6.42 Å². The van der Waals surface area contributed by atoms with Gasteiger partial charge in [-0.15, -0.1) is 0 Å². The Balaban J connectivity index is 2.21. The minimum absolute atomic E-state index is 0.479. The van der Waals surface area contributed by atoms with Gasteiger partial charge in [-0.1, -0.05) is 0 Å². The molecule has 0 radical (unpaired) electrons. The summed E-state index contributed by atoms with van der Waals surface area (Å²) in [6, 6.07) is 2.03. The molecule has 1 aromatic rings. The lowest BCUT2D eigenvalue weighted by Gasteiger charge is -1.93. The molecule has 3 heteroatoms. The van der Waals surface area contributed by atoms with Crippen molar-refractivity contribution in [2.45, 2.75) is 6.42 Å². The summed E-state index contributed by atoms with van der Waals surface area (Å²) < 4.78 is 4.53. The van der Waals surface area contributed by atoms with E-state index in [0.29, 0.717) is 13.1 Å². The molecule has 10 heavy (non-hydrogen) atoms. The highest BCUT2D eigenvalue weighted by atomic mass is 32.1. The van der Waals surface area contributed by atoms with Crippen LogP contribution in [0, 0.1) is 0 Å². The molecule has 0 unspecified atom stereocenters. The topological polar surface area (TPSA) is 26.3 Å². The standard InChI is InChI=1S/C7H8O2S/c8-6-9-3-1-7-2-4-10-5-7/h2,4-6H,1,3H2. The van der Waals surface area contributed by atoms with Crippen LogP contribution in [0.1, 0.15) is 5.56 Å². The number of carbonyl (C=O) groups excluding carboxylic acids is 1. The summed E-state index contributed by atoms with van der Waals surface area (Å²) in [6.07, 6.45) is 0.822. The Hall–Kier alpha value is -0.830. The third-order valence-corrected chi connectivity index (χ3v) is 1.89. The van der Waals surface area contributed by atoms with Gasteiger partial charge in [0.2, 0.25) is 0 Å². The van der Waals surface area contributed by atoms with E-state index in [9.17, 15) is 4.79 Å². The number of thiophene rings is 1. The molecule has 0 saturated heterocycles. The van der Waals surface area contributed by atoms with Crippen LogP contribution in [0.3, 0.4) is 0 Å². The molecule has 1 aromatic heterocycles. The van der Waals surface area contributed by atoms with Gasteiger partial charge in [-0.3, -0.25) is 4.79 Å². The zero-order chi connectivity index (χ0) is 7.23. The first-order valence-electron chi connectivity index (χ1n) is 3.00. The molecular formula is C7H8O2S. The monoisotopic (exact) mass is 156 g/mol. The van der Waals surface area contributed by atoms with Crippen LogP contribution < -0.4 is 0 Å². The van der Waals surface area contributed by atoms with E-state index >= 15 is 0 Å². The number of rotatable bonds is 4. The predicted molar refractivity (Wildman–Crippen MR) is 40.0 cm³/mol. The minimum atomic E-state index is 0.479. The first-order valence-corrected chi connectivity index (χ1v) is 3.94. The van der Waals surface area contributed by atoms with Crippen molar-refractivity contribution in [3.63, 3.8) is 0 Å². The van der Waals surface area contributed by atoms with E-state index in [1.807, 2.05) is 16.8 Å². The average Bonchev–Trinajstić information content (AvgIpc) is 2.41. The Morgan fingerprint density at radius 1 is 1.70 bits per heavy atom.